The van der Waals surface area contributed by atoms with Crippen LogP contribution in [0.2, 0.25) is 5.02 Å². The Morgan fingerprint density at radius 2 is 1.86 bits per heavy atom. The minimum absolute atomic E-state index is 0.329. The summed E-state index contributed by atoms with van der Waals surface area (Å²) in [4.78, 5) is 16.4. The molecule has 0 unspecified atom stereocenters. The van der Waals surface area contributed by atoms with Gasteiger partial charge in [-0.05, 0) is 86.0 Å². The molecule has 1 aromatic heterocycles. The van der Waals surface area contributed by atoms with E-state index in [1.807, 2.05) is 0 Å². The monoisotopic (exact) mass is 505 g/mol. The molecule has 1 saturated heterocycles. The number of nitrogens with one attached hydrogen (secondary N) is 1. The number of amides is 2. The molecule has 0 atom stereocenters. The molecule has 2 fully saturated rings. The largest absolute Gasteiger partial charge is 0.476 e. The van der Waals surface area contributed by atoms with Gasteiger partial charge in [0, 0.05) is 30.4 Å². The summed E-state index contributed by atoms with van der Waals surface area (Å²) in [5, 5.41) is 11.6. The first kappa shape index (κ1) is 24.5. The van der Waals surface area contributed by atoms with Gasteiger partial charge in [0.1, 0.15) is 0 Å². The van der Waals surface area contributed by atoms with E-state index in [9.17, 15) is 4.79 Å². The molecule has 1 saturated carbocycles. The van der Waals surface area contributed by atoms with Crippen LogP contribution in [0.4, 0.5) is 16.3 Å². The van der Waals surface area contributed by atoms with Crippen molar-refractivity contribution in [3.05, 3.63) is 76.8 Å². The van der Waals surface area contributed by atoms with Crippen molar-refractivity contribution in [1.29, 1.82) is 0 Å². The van der Waals surface area contributed by atoms with Crippen LogP contribution < -0.4 is 15.0 Å². The van der Waals surface area contributed by atoms with Gasteiger partial charge in [0.15, 0.2) is 5.82 Å². The summed E-state index contributed by atoms with van der Waals surface area (Å²) in [5.74, 6) is 2.03. The molecule has 2 heterocycles. The first-order valence-electron chi connectivity index (χ1n) is 12.6. The molecule has 0 spiro atoms. The zero-order valence-electron chi connectivity index (χ0n) is 20.6. The average molecular weight is 506 g/mol. The molecule has 5 rings (SSSR count). The van der Waals surface area contributed by atoms with Crippen molar-refractivity contribution in [2.24, 2.45) is 5.92 Å². The van der Waals surface area contributed by atoms with Crippen LogP contribution in [0, 0.1) is 5.92 Å². The van der Waals surface area contributed by atoms with Gasteiger partial charge in [-0.25, -0.2) is 4.79 Å². The van der Waals surface area contributed by atoms with Crippen LogP contribution in [-0.2, 0) is 6.54 Å². The molecular weight excluding hydrogens is 474 g/mol. The Hall–Kier alpha value is -3.16. The Bertz CT molecular complexity index is 1160. The highest BCUT2D eigenvalue weighted by atomic mass is 35.5. The molecule has 7 nitrogen and oxygen atoms in total. The lowest BCUT2D eigenvalue weighted by molar-refractivity contribution is 0.153. The molecule has 0 bridgehead atoms. The Kier molecular flexibility index (Phi) is 7.68. The number of carbonyl (C=O) groups excluding carboxylic acids is 1. The maximum absolute atomic E-state index is 12.5. The van der Waals surface area contributed by atoms with E-state index < -0.39 is 0 Å². The summed E-state index contributed by atoms with van der Waals surface area (Å²) in [6.07, 6.45) is 4.92. The topological polar surface area (TPSA) is 70.6 Å². The smallest absolute Gasteiger partial charge is 0.327 e. The predicted octanol–water partition coefficient (Wildman–Crippen LogP) is 5.97. The Morgan fingerprint density at radius 3 is 2.56 bits per heavy atom. The lowest BCUT2D eigenvalue weighted by atomic mass is 9.72. The number of aromatic nitrogens is 2. The van der Waals surface area contributed by atoms with Gasteiger partial charge in [0.2, 0.25) is 5.88 Å². The molecule has 1 N–H and O–H groups in total. The Labute approximate surface area is 217 Å². The first-order valence-corrected chi connectivity index (χ1v) is 13.0. The van der Waals surface area contributed by atoms with Crippen LogP contribution in [0.5, 0.6) is 5.88 Å². The number of ether oxygens (including phenoxy) is 1. The predicted molar refractivity (Wildman–Crippen MR) is 143 cm³/mol. The van der Waals surface area contributed by atoms with Crippen LogP contribution in [-0.4, -0.2) is 47.9 Å². The molecule has 188 valence electrons. The van der Waals surface area contributed by atoms with E-state index in [1.165, 1.54) is 42.0 Å². The molecular formula is C28H32ClN5O2. The fourth-order valence-electron chi connectivity index (χ4n) is 4.89. The maximum Gasteiger partial charge on any atom is 0.327 e. The van der Waals surface area contributed by atoms with Crippen LogP contribution >= 0.6 is 11.6 Å². The van der Waals surface area contributed by atoms with Crippen molar-refractivity contribution in [1.82, 2.24) is 15.1 Å². The van der Waals surface area contributed by atoms with Gasteiger partial charge >= 0.3 is 6.03 Å². The zero-order valence-corrected chi connectivity index (χ0v) is 21.3. The molecule has 1 aliphatic carbocycles. The summed E-state index contributed by atoms with van der Waals surface area (Å²) in [5.41, 5.74) is 3.46. The van der Waals surface area contributed by atoms with Crippen LogP contribution in [0.25, 0.3) is 0 Å². The van der Waals surface area contributed by atoms with E-state index in [4.69, 9.17) is 16.3 Å². The van der Waals surface area contributed by atoms with Crippen LogP contribution in [0.15, 0.2) is 60.7 Å². The summed E-state index contributed by atoms with van der Waals surface area (Å²) < 4.78 is 5.88. The molecule has 3 aromatic rings. The number of hydrogen-bond acceptors (Lipinski definition) is 5. The molecule has 8 heteroatoms. The maximum atomic E-state index is 12.5. The van der Waals surface area contributed by atoms with Gasteiger partial charge in [-0.3, -0.25) is 9.80 Å². The van der Waals surface area contributed by atoms with Gasteiger partial charge < -0.3 is 10.1 Å². The second-order valence-electron chi connectivity index (χ2n) is 9.80. The number of hydrogen-bond donors (Lipinski definition) is 1. The number of carbonyl (C=O) groups is 1. The number of halogens is 1. The highest BCUT2D eigenvalue weighted by Gasteiger charge is 2.31. The minimum Gasteiger partial charge on any atom is -0.476 e. The number of benzene rings is 2. The number of anilines is 2. The van der Waals surface area contributed by atoms with E-state index in [0.29, 0.717) is 40.9 Å². The number of nitrogens with zero attached hydrogens (tertiary/aromatic N) is 4. The van der Waals surface area contributed by atoms with Crippen molar-refractivity contribution in [2.45, 2.75) is 38.1 Å². The third-order valence-corrected chi connectivity index (χ3v) is 7.34. The standard InChI is InChI=1S/C28H32ClN5O2/c1-33(28(35)30-25-6-4-5-24(29)17-25)26-11-12-27(32-31-26)36-19-21-15-23(16-21)22-9-7-20(8-10-22)18-34-13-2-3-14-34/h4-12,17,21,23H,2-3,13-16,18-19H2,1H3,(H,30,35). The molecule has 36 heavy (non-hydrogen) atoms. The lowest BCUT2D eigenvalue weighted by Gasteiger charge is -2.35. The average Bonchev–Trinajstić information content (AvgIpc) is 3.37. The fourth-order valence-corrected chi connectivity index (χ4v) is 5.08. The minimum atomic E-state index is -0.329. The SMILES string of the molecule is CN(C(=O)Nc1cccc(Cl)c1)c1ccc(OCC2CC(c3ccc(CN4CCCC4)cc3)C2)nn1. The first-order chi connectivity index (χ1) is 17.5. The number of rotatable bonds is 8. The fraction of sp³-hybridized carbons (Fsp3) is 0.393. The van der Waals surface area contributed by atoms with E-state index in [2.05, 4.69) is 44.7 Å². The van der Waals surface area contributed by atoms with Gasteiger partial charge in [-0.1, -0.05) is 41.9 Å². The van der Waals surface area contributed by atoms with Crippen molar-refractivity contribution >= 4 is 29.1 Å². The van der Waals surface area contributed by atoms with Crippen LogP contribution in [0.1, 0.15) is 42.7 Å². The molecule has 2 aromatic carbocycles. The van der Waals surface area contributed by atoms with E-state index in [0.717, 1.165) is 19.4 Å². The van der Waals surface area contributed by atoms with Gasteiger partial charge in [0.05, 0.1) is 6.61 Å². The van der Waals surface area contributed by atoms with Crippen molar-refractivity contribution < 1.29 is 9.53 Å². The normalized spacial score (nSPS) is 19.5. The molecule has 2 amide bonds. The Balaban J connectivity index is 1.05. The third-order valence-electron chi connectivity index (χ3n) is 7.11. The van der Waals surface area contributed by atoms with E-state index >= 15 is 0 Å². The van der Waals surface area contributed by atoms with Gasteiger partial charge in [-0.2, -0.15) is 0 Å². The van der Waals surface area contributed by atoms with Gasteiger partial charge in [-0.15, -0.1) is 10.2 Å². The second-order valence-corrected chi connectivity index (χ2v) is 10.2. The summed E-state index contributed by atoms with van der Waals surface area (Å²) >= 11 is 5.98. The van der Waals surface area contributed by atoms with Crippen molar-refractivity contribution in [3.63, 3.8) is 0 Å². The van der Waals surface area contributed by atoms with E-state index in [1.54, 1.807) is 43.4 Å². The summed E-state index contributed by atoms with van der Waals surface area (Å²) in [7, 11) is 1.64. The van der Waals surface area contributed by atoms with Crippen LogP contribution in [0.3, 0.4) is 0 Å². The number of likely N-dealkylation sites (tertiary alicyclic amines) is 1. The highest BCUT2D eigenvalue weighted by Crippen LogP contribution is 2.41. The quantitative estimate of drug-likeness (QED) is 0.408. The van der Waals surface area contributed by atoms with Crippen molar-refractivity contribution in [3.8, 4) is 5.88 Å². The Morgan fingerprint density at radius 1 is 1.08 bits per heavy atom. The van der Waals surface area contributed by atoms with Crippen molar-refractivity contribution in [2.75, 3.05) is 37.0 Å². The summed E-state index contributed by atoms with van der Waals surface area (Å²) in [6.45, 7) is 4.16. The number of urea groups is 1. The molecule has 2 aliphatic rings. The summed E-state index contributed by atoms with van der Waals surface area (Å²) in [6, 6.07) is 19.3. The van der Waals surface area contributed by atoms with Gasteiger partial charge in [0.25, 0.3) is 0 Å². The second kappa shape index (κ2) is 11.3. The molecule has 0 radical (unpaired) electrons. The third kappa shape index (κ3) is 6.15. The van der Waals surface area contributed by atoms with E-state index in [-0.39, 0.29) is 6.03 Å². The highest BCUT2D eigenvalue weighted by molar-refractivity contribution is 6.30. The molecule has 1 aliphatic heterocycles. The lowest BCUT2D eigenvalue weighted by Crippen LogP contribution is -2.32. The zero-order chi connectivity index (χ0) is 24.9.